The van der Waals surface area contributed by atoms with Crippen LogP contribution in [0.3, 0.4) is 0 Å². The number of hydrogen-bond acceptors (Lipinski definition) is 1. The molecule has 0 bridgehead atoms. The first kappa shape index (κ1) is 13.7. The molecule has 2 nitrogen and oxygen atoms in total. The van der Waals surface area contributed by atoms with Crippen molar-refractivity contribution >= 4 is 10.9 Å². The van der Waals surface area contributed by atoms with Crippen LogP contribution in [0.5, 0.6) is 5.75 Å². The second-order valence-electron chi connectivity index (χ2n) is 5.14. The molecule has 0 spiro atoms. The van der Waals surface area contributed by atoms with Crippen molar-refractivity contribution in [2.45, 2.75) is 27.0 Å². The van der Waals surface area contributed by atoms with E-state index in [4.69, 9.17) is 4.74 Å². The molecule has 0 aliphatic heterocycles. The van der Waals surface area contributed by atoms with E-state index < -0.39 is 0 Å². The Morgan fingerprint density at radius 1 is 1.10 bits per heavy atom. The van der Waals surface area contributed by atoms with E-state index in [1.54, 1.807) is 6.07 Å². The molecule has 3 rings (SSSR count). The van der Waals surface area contributed by atoms with Gasteiger partial charge in [0.1, 0.15) is 18.2 Å². The number of rotatable bonds is 4. The molecule has 0 aliphatic rings. The highest BCUT2D eigenvalue weighted by molar-refractivity contribution is 5.81. The van der Waals surface area contributed by atoms with Gasteiger partial charge in [-0.3, -0.25) is 0 Å². The van der Waals surface area contributed by atoms with Gasteiger partial charge in [0.25, 0.3) is 0 Å². The van der Waals surface area contributed by atoms with Gasteiger partial charge in [0.15, 0.2) is 0 Å². The summed E-state index contributed by atoms with van der Waals surface area (Å²) >= 11 is 0. The van der Waals surface area contributed by atoms with Crippen LogP contribution in [0.15, 0.2) is 48.5 Å². The van der Waals surface area contributed by atoms with E-state index in [2.05, 4.69) is 17.6 Å². The second kappa shape index (κ2) is 5.60. The molecule has 0 aliphatic carbocycles. The highest BCUT2D eigenvalue weighted by atomic mass is 19.1. The third-order valence-corrected chi connectivity index (χ3v) is 3.74. The summed E-state index contributed by atoms with van der Waals surface area (Å²) in [5, 5.41) is 1.04. The van der Waals surface area contributed by atoms with E-state index in [0.717, 1.165) is 34.5 Å². The van der Waals surface area contributed by atoms with Crippen LogP contribution in [-0.2, 0) is 13.2 Å². The van der Waals surface area contributed by atoms with Gasteiger partial charge in [-0.25, -0.2) is 4.39 Å². The SMILES string of the molecule is CCn1c(COc2ccccc2C)cc2ccc(F)cc21. The van der Waals surface area contributed by atoms with Gasteiger partial charge in [-0.15, -0.1) is 0 Å². The molecule has 0 saturated carbocycles. The number of aryl methyl sites for hydroxylation is 2. The Bertz CT molecular complexity index is 776. The Labute approximate surface area is 123 Å². The molecular weight excluding hydrogens is 265 g/mol. The van der Waals surface area contributed by atoms with Crippen molar-refractivity contribution in [1.29, 1.82) is 0 Å². The fourth-order valence-electron chi connectivity index (χ4n) is 2.65. The van der Waals surface area contributed by atoms with E-state index >= 15 is 0 Å². The predicted molar refractivity (Wildman–Crippen MR) is 83.1 cm³/mol. The van der Waals surface area contributed by atoms with Crippen molar-refractivity contribution in [2.24, 2.45) is 0 Å². The summed E-state index contributed by atoms with van der Waals surface area (Å²) in [6, 6.07) is 14.9. The molecule has 0 N–H and O–H groups in total. The van der Waals surface area contributed by atoms with Crippen molar-refractivity contribution in [3.8, 4) is 5.75 Å². The van der Waals surface area contributed by atoms with Gasteiger partial charge in [-0.2, -0.15) is 0 Å². The molecule has 3 heteroatoms. The van der Waals surface area contributed by atoms with Crippen molar-refractivity contribution in [1.82, 2.24) is 4.57 Å². The van der Waals surface area contributed by atoms with E-state index in [9.17, 15) is 4.39 Å². The van der Waals surface area contributed by atoms with Crippen LogP contribution in [-0.4, -0.2) is 4.57 Å². The lowest BCUT2D eigenvalue weighted by Crippen LogP contribution is -2.05. The Balaban J connectivity index is 1.92. The third kappa shape index (κ3) is 2.64. The van der Waals surface area contributed by atoms with Crippen LogP contribution in [0.2, 0.25) is 0 Å². The van der Waals surface area contributed by atoms with Gasteiger partial charge < -0.3 is 9.30 Å². The molecule has 21 heavy (non-hydrogen) atoms. The number of hydrogen-bond donors (Lipinski definition) is 0. The lowest BCUT2D eigenvalue weighted by molar-refractivity contribution is 0.294. The fraction of sp³-hybridized carbons (Fsp3) is 0.222. The van der Waals surface area contributed by atoms with Gasteiger partial charge in [0, 0.05) is 11.9 Å². The summed E-state index contributed by atoms with van der Waals surface area (Å²) in [6.07, 6.45) is 0. The summed E-state index contributed by atoms with van der Waals surface area (Å²) < 4.78 is 21.4. The monoisotopic (exact) mass is 283 g/mol. The lowest BCUT2D eigenvalue weighted by atomic mass is 10.2. The van der Waals surface area contributed by atoms with E-state index in [0.29, 0.717) is 6.61 Å². The van der Waals surface area contributed by atoms with Crippen LogP contribution in [0.1, 0.15) is 18.2 Å². The summed E-state index contributed by atoms with van der Waals surface area (Å²) in [7, 11) is 0. The highest BCUT2D eigenvalue weighted by Crippen LogP contribution is 2.23. The number of para-hydroxylation sites is 1. The first-order valence-corrected chi connectivity index (χ1v) is 7.15. The Morgan fingerprint density at radius 2 is 1.90 bits per heavy atom. The average Bonchev–Trinajstić information content (AvgIpc) is 2.83. The maximum Gasteiger partial charge on any atom is 0.128 e. The minimum Gasteiger partial charge on any atom is -0.487 e. The van der Waals surface area contributed by atoms with Gasteiger partial charge >= 0.3 is 0 Å². The Kier molecular flexibility index (Phi) is 3.65. The Hall–Kier alpha value is -2.29. The van der Waals surface area contributed by atoms with Crippen LogP contribution in [0.4, 0.5) is 4.39 Å². The highest BCUT2D eigenvalue weighted by Gasteiger charge is 2.09. The molecule has 1 heterocycles. The van der Waals surface area contributed by atoms with Gasteiger partial charge in [0.2, 0.25) is 0 Å². The lowest BCUT2D eigenvalue weighted by Gasteiger charge is -2.11. The molecule has 108 valence electrons. The summed E-state index contributed by atoms with van der Waals surface area (Å²) in [6.45, 7) is 5.36. The van der Waals surface area contributed by atoms with E-state index in [1.807, 2.05) is 37.3 Å². The number of fused-ring (bicyclic) bond motifs is 1. The van der Waals surface area contributed by atoms with Crippen LogP contribution < -0.4 is 4.74 Å². The van der Waals surface area contributed by atoms with Crippen LogP contribution in [0.25, 0.3) is 10.9 Å². The number of halogens is 1. The minimum absolute atomic E-state index is 0.207. The zero-order valence-electron chi connectivity index (χ0n) is 12.3. The van der Waals surface area contributed by atoms with Gasteiger partial charge in [-0.05, 0) is 49.7 Å². The normalized spacial score (nSPS) is 11.0. The van der Waals surface area contributed by atoms with Crippen LogP contribution >= 0.6 is 0 Å². The predicted octanol–water partition coefficient (Wildman–Crippen LogP) is 4.69. The maximum absolute atomic E-state index is 13.4. The second-order valence-corrected chi connectivity index (χ2v) is 5.14. The molecule has 0 unspecified atom stereocenters. The summed E-state index contributed by atoms with van der Waals surface area (Å²) in [5.41, 5.74) is 3.09. The van der Waals surface area contributed by atoms with Crippen LogP contribution in [0, 0.1) is 12.7 Å². The van der Waals surface area contributed by atoms with Crippen molar-refractivity contribution in [3.63, 3.8) is 0 Å². The molecular formula is C18H18FNO. The van der Waals surface area contributed by atoms with Gasteiger partial charge in [0.05, 0.1) is 11.2 Å². The summed E-state index contributed by atoms with van der Waals surface area (Å²) in [4.78, 5) is 0. The zero-order valence-corrected chi connectivity index (χ0v) is 12.3. The number of aromatic nitrogens is 1. The van der Waals surface area contributed by atoms with Crippen molar-refractivity contribution in [3.05, 3.63) is 65.6 Å². The molecule has 3 aromatic rings. The first-order chi connectivity index (χ1) is 10.2. The van der Waals surface area contributed by atoms with Gasteiger partial charge in [-0.1, -0.05) is 18.2 Å². The van der Waals surface area contributed by atoms with E-state index in [-0.39, 0.29) is 5.82 Å². The molecule has 1 aromatic heterocycles. The molecule has 0 amide bonds. The molecule has 0 saturated heterocycles. The molecule has 0 atom stereocenters. The maximum atomic E-state index is 13.4. The number of ether oxygens (including phenoxy) is 1. The average molecular weight is 283 g/mol. The third-order valence-electron chi connectivity index (χ3n) is 3.74. The molecule has 0 radical (unpaired) electrons. The van der Waals surface area contributed by atoms with Crippen molar-refractivity contribution < 1.29 is 9.13 Å². The molecule has 0 fully saturated rings. The number of nitrogens with zero attached hydrogens (tertiary/aromatic N) is 1. The smallest absolute Gasteiger partial charge is 0.128 e. The Morgan fingerprint density at radius 3 is 2.67 bits per heavy atom. The quantitative estimate of drug-likeness (QED) is 0.677. The minimum atomic E-state index is -0.207. The molecule has 2 aromatic carbocycles. The largest absolute Gasteiger partial charge is 0.487 e. The standard InChI is InChI=1S/C18H18FNO/c1-3-20-16(10-14-8-9-15(19)11-17(14)20)12-21-18-7-5-4-6-13(18)2/h4-11H,3,12H2,1-2H3. The van der Waals surface area contributed by atoms with E-state index in [1.165, 1.54) is 6.07 Å². The zero-order chi connectivity index (χ0) is 14.8. The number of benzene rings is 2. The van der Waals surface area contributed by atoms with Crippen molar-refractivity contribution in [2.75, 3.05) is 0 Å². The summed E-state index contributed by atoms with van der Waals surface area (Å²) in [5.74, 6) is 0.679. The fourth-order valence-corrected chi connectivity index (χ4v) is 2.65. The first-order valence-electron chi connectivity index (χ1n) is 7.15. The topological polar surface area (TPSA) is 14.2 Å².